The number of hydrogen-bond acceptors (Lipinski definition) is 2. The fourth-order valence-electron chi connectivity index (χ4n) is 2.38. The first-order valence-electron chi connectivity index (χ1n) is 6.09. The van der Waals surface area contributed by atoms with Crippen molar-refractivity contribution in [2.75, 3.05) is 0 Å². The van der Waals surface area contributed by atoms with Crippen LogP contribution < -0.4 is 5.73 Å². The standard InChI is InChI=1S/C14H19NO/c1-2-14(16)13(15)9-10-6-7-11-4-3-5-12(11)8-10/h6-8,13H,2-5,9,15H2,1H3. The third kappa shape index (κ3) is 2.33. The minimum atomic E-state index is -0.329. The molecule has 0 fully saturated rings. The summed E-state index contributed by atoms with van der Waals surface area (Å²) in [6, 6.07) is 6.21. The Bertz CT molecular complexity index is 398. The molecule has 0 saturated heterocycles. The van der Waals surface area contributed by atoms with Crippen LogP contribution in [0.3, 0.4) is 0 Å². The predicted molar refractivity (Wildman–Crippen MR) is 65.4 cm³/mol. The van der Waals surface area contributed by atoms with E-state index in [1.807, 2.05) is 6.92 Å². The van der Waals surface area contributed by atoms with Crippen molar-refractivity contribution in [2.45, 2.75) is 45.1 Å². The molecule has 1 aliphatic carbocycles. The average Bonchev–Trinajstić information content (AvgIpc) is 2.75. The smallest absolute Gasteiger partial charge is 0.149 e. The number of benzene rings is 1. The SMILES string of the molecule is CCC(=O)C(N)Cc1ccc2c(c1)CCC2. The maximum absolute atomic E-state index is 11.4. The zero-order valence-corrected chi connectivity index (χ0v) is 9.83. The lowest BCUT2D eigenvalue weighted by molar-refractivity contribution is -0.119. The van der Waals surface area contributed by atoms with Crippen LogP contribution >= 0.6 is 0 Å². The number of aryl methyl sites for hydroxylation is 2. The van der Waals surface area contributed by atoms with E-state index in [1.54, 1.807) is 0 Å². The van der Waals surface area contributed by atoms with Gasteiger partial charge in [0.25, 0.3) is 0 Å². The first kappa shape index (κ1) is 11.3. The highest BCUT2D eigenvalue weighted by Crippen LogP contribution is 2.23. The largest absolute Gasteiger partial charge is 0.321 e. The number of Topliss-reactive ketones (excluding diaryl/α,β-unsaturated/α-hetero) is 1. The molecule has 1 aromatic rings. The molecule has 2 N–H and O–H groups in total. The van der Waals surface area contributed by atoms with Crippen molar-refractivity contribution in [1.29, 1.82) is 0 Å². The van der Waals surface area contributed by atoms with Crippen LogP contribution in [0, 0.1) is 0 Å². The van der Waals surface area contributed by atoms with Crippen LogP contribution in [0.15, 0.2) is 18.2 Å². The van der Waals surface area contributed by atoms with Gasteiger partial charge in [-0.25, -0.2) is 0 Å². The van der Waals surface area contributed by atoms with E-state index in [0.29, 0.717) is 12.8 Å². The summed E-state index contributed by atoms with van der Waals surface area (Å²) in [6.45, 7) is 1.87. The first-order chi connectivity index (χ1) is 7.70. The van der Waals surface area contributed by atoms with Crippen LogP contribution in [0.25, 0.3) is 0 Å². The summed E-state index contributed by atoms with van der Waals surface area (Å²) in [5.41, 5.74) is 9.98. The molecule has 86 valence electrons. The number of rotatable bonds is 4. The van der Waals surface area contributed by atoms with Crippen LogP contribution in [0.2, 0.25) is 0 Å². The molecule has 0 spiro atoms. The van der Waals surface area contributed by atoms with Gasteiger partial charge in [-0.2, -0.15) is 0 Å². The van der Waals surface area contributed by atoms with Crippen molar-refractivity contribution in [2.24, 2.45) is 5.73 Å². The summed E-state index contributed by atoms with van der Waals surface area (Å²) < 4.78 is 0. The summed E-state index contributed by atoms with van der Waals surface area (Å²) in [4.78, 5) is 11.4. The van der Waals surface area contributed by atoms with Crippen molar-refractivity contribution in [3.05, 3.63) is 34.9 Å². The van der Waals surface area contributed by atoms with Crippen molar-refractivity contribution in [3.63, 3.8) is 0 Å². The molecule has 16 heavy (non-hydrogen) atoms. The van der Waals surface area contributed by atoms with E-state index in [1.165, 1.54) is 36.0 Å². The molecule has 0 amide bonds. The molecule has 2 nitrogen and oxygen atoms in total. The molecule has 0 bridgehead atoms. The summed E-state index contributed by atoms with van der Waals surface area (Å²) in [5, 5.41) is 0. The van der Waals surface area contributed by atoms with Crippen molar-refractivity contribution >= 4 is 5.78 Å². The monoisotopic (exact) mass is 217 g/mol. The zero-order chi connectivity index (χ0) is 11.5. The van der Waals surface area contributed by atoms with E-state index in [2.05, 4.69) is 18.2 Å². The Kier molecular flexibility index (Phi) is 3.39. The Morgan fingerprint density at radius 3 is 2.88 bits per heavy atom. The molecular weight excluding hydrogens is 198 g/mol. The number of hydrogen-bond donors (Lipinski definition) is 1. The van der Waals surface area contributed by atoms with Gasteiger partial charge in [0, 0.05) is 6.42 Å². The maximum Gasteiger partial charge on any atom is 0.149 e. The van der Waals surface area contributed by atoms with Gasteiger partial charge in [0.2, 0.25) is 0 Å². The molecule has 1 unspecified atom stereocenters. The highest BCUT2D eigenvalue weighted by molar-refractivity contribution is 5.83. The Labute approximate surface area is 96.8 Å². The van der Waals surface area contributed by atoms with Gasteiger partial charge >= 0.3 is 0 Å². The number of ketones is 1. The molecule has 0 radical (unpaired) electrons. The van der Waals surface area contributed by atoms with E-state index < -0.39 is 0 Å². The Hall–Kier alpha value is -1.15. The van der Waals surface area contributed by atoms with Crippen LogP contribution in [-0.2, 0) is 24.1 Å². The van der Waals surface area contributed by atoms with Gasteiger partial charge in [0.05, 0.1) is 6.04 Å². The maximum atomic E-state index is 11.4. The van der Waals surface area contributed by atoms with Crippen LogP contribution in [0.4, 0.5) is 0 Å². The third-order valence-corrected chi connectivity index (χ3v) is 3.38. The minimum Gasteiger partial charge on any atom is -0.321 e. The number of carbonyl (C=O) groups is 1. The second-order valence-electron chi connectivity index (χ2n) is 4.59. The fourth-order valence-corrected chi connectivity index (χ4v) is 2.38. The van der Waals surface area contributed by atoms with Crippen LogP contribution in [0.1, 0.15) is 36.5 Å². The second-order valence-corrected chi connectivity index (χ2v) is 4.59. The summed E-state index contributed by atoms with van der Waals surface area (Å²) in [7, 11) is 0. The minimum absolute atomic E-state index is 0.153. The lowest BCUT2D eigenvalue weighted by Crippen LogP contribution is -2.32. The summed E-state index contributed by atoms with van der Waals surface area (Å²) in [6.07, 6.45) is 4.86. The van der Waals surface area contributed by atoms with Gasteiger partial charge in [0.1, 0.15) is 5.78 Å². The van der Waals surface area contributed by atoms with E-state index in [-0.39, 0.29) is 11.8 Å². The van der Waals surface area contributed by atoms with Gasteiger partial charge < -0.3 is 5.73 Å². The second kappa shape index (κ2) is 4.79. The topological polar surface area (TPSA) is 43.1 Å². The molecule has 0 saturated carbocycles. The molecule has 1 aromatic carbocycles. The molecule has 2 heteroatoms. The lowest BCUT2D eigenvalue weighted by Gasteiger charge is -2.10. The fraction of sp³-hybridized carbons (Fsp3) is 0.500. The number of fused-ring (bicyclic) bond motifs is 1. The van der Waals surface area contributed by atoms with E-state index in [0.717, 1.165) is 0 Å². The Balaban J connectivity index is 2.08. The van der Waals surface area contributed by atoms with Crippen LogP contribution in [-0.4, -0.2) is 11.8 Å². The first-order valence-corrected chi connectivity index (χ1v) is 6.09. The average molecular weight is 217 g/mol. The van der Waals surface area contributed by atoms with Crippen molar-refractivity contribution in [3.8, 4) is 0 Å². The van der Waals surface area contributed by atoms with Gasteiger partial charge in [-0.05, 0) is 42.4 Å². The normalized spacial score (nSPS) is 15.9. The Morgan fingerprint density at radius 1 is 1.38 bits per heavy atom. The number of nitrogens with two attached hydrogens (primary N) is 1. The van der Waals surface area contributed by atoms with Gasteiger partial charge in [0.15, 0.2) is 0 Å². The summed E-state index contributed by atoms with van der Waals surface area (Å²) >= 11 is 0. The predicted octanol–water partition coefficient (Wildman–Crippen LogP) is 2.02. The number of carbonyl (C=O) groups excluding carboxylic acids is 1. The summed E-state index contributed by atoms with van der Waals surface area (Å²) in [5.74, 6) is 0.153. The molecule has 1 atom stereocenters. The third-order valence-electron chi connectivity index (χ3n) is 3.38. The Morgan fingerprint density at radius 2 is 2.12 bits per heavy atom. The highest BCUT2D eigenvalue weighted by atomic mass is 16.1. The van der Waals surface area contributed by atoms with Gasteiger partial charge in [-0.3, -0.25) is 4.79 Å². The van der Waals surface area contributed by atoms with E-state index in [4.69, 9.17) is 5.73 Å². The van der Waals surface area contributed by atoms with Crippen LogP contribution in [0.5, 0.6) is 0 Å². The molecule has 2 rings (SSSR count). The lowest BCUT2D eigenvalue weighted by atomic mass is 9.98. The van der Waals surface area contributed by atoms with E-state index >= 15 is 0 Å². The quantitative estimate of drug-likeness (QED) is 0.838. The van der Waals surface area contributed by atoms with Crippen molar-refractivity contribution in [1.82, 2.24) is 0 Å². The molecule has 1 aliphatic rings. The van der Waals surface area contributed by atoms with E-state index in [9.17, 15) is 4.79 Å². The van der Waals surface area contributed by atoms with Gasteiger partial charge in [-0.1, -0.05) is 25.1 Å². The van der Waals surface area contributed by atoms with Crippen molar-refractivity contribution < 1.29 is 4.79 Å². The molecule has 0 aliphatic heterocycles. The zero-order valence-electron chi connectivity index (χ0n) is 9.83. The molecule has 0 aromatic heterocycles. The molecular formula is C14H19NO. The molecule has 0 heterocycles. The highest BCUT2D eigenvalue weighted by Gasteiger charge is 2.14. The van der Waals surface area contributed by atoms with Gasteiger partial charge in [-0.15, -0.1) is 0 Å².